The number of hydrogen-bond acceptors (Lipinski definition) is 5. The second-order valence-electron chi connectivity index (χ2n) is 4.99. The lowest BCUT2D eigenvalue weighted by Gasteiger charge is -2.06. The van der Waals surface area contributed by atoms with Crippen molar-refractivity contribution < 1.29 is 10.0 Å². The Morgan fingerprint density at radius 2 is 1.88 bits per heavy atom. The first-order valence-corrected chi connectivity index (χ1v) is 7.31. The van der Waals surface area contributed by atoms with Crippen LogP contribution in [0, 0.1) is 10.1 Å². The van der Waals surface area contributed by atoms with Gasteiger partial charge in [0.05, 0.1) is 16.3 Å². The maximum absolute atomic E-state index is 10.7. The molecule has 8 heteroatoms. The summed E-state index contributed by atoms with van der Waals surface area (Å²) in [5.41, 5.74) is 7.99. The number of non-ortho nitro benzene ring substituents is 1. The van der Waals surface area contributed by atoms with Gasteiger partial charge in [0.1, 0.15) is 5.75 Å². The first-order valence-electron chi connectivity index (χ1n) is 6.90. The number of benzene rings is 2. The third kappa shape index (κ3) is 2.82. The minimum atomic E-state index is -0.467. The summed E-state index contributed by atoms with van der Waals surface area (Å²) < 4.78 is 1.35. The maximum Gasteiger partial charge on any atom is 0.269 e. The monoisotopic (exact) mass is 340 g/mol. The third-order valence-corrected chi connectivity index (χ3v) is 3.64. The predicted octanol–water partition coefficient (Wildman–Crippen LogP) is 2.92. The molecule has 2 aromatic carbocycles. The molecule has 1 heterocycles. The Bertz CT molecular complexity index is 935. The molecule has 0 unspecified atom stereocenters. The number of rotatable bonds is 3. The molecular weight excluding hydrogens is 328 g/mol. The van der Waals surface area contributed by atoms with Gasteiger partial charge in [0.2, 0.25) is 0 Å². The van der Waals surface area contributed by atoms with Crippen LogP contribution >= 0.6 is 12.2 Å². The van der Waals surface area contributed by atoms with Crippen LogP contribution in [0.1, 0.15) is 0 Å². The molecule has 3 aromatic rings. The van der Waals surface area contributed by atoms with Crippen molar-refractivity contribution in [1.82, 2.24) is 9.78 Å². The second-order valence-corrected chi connectivity index (χ2v) is 5.40. The molecule has 0 aliphatic rings. The molecule has 0 spiro atoms. The van der Waals surface area contributed by atoms with Gasteiger partial charge in [-0.15, -0.1) is 0 Å². The molecule has 0 amide bonds. The summed E-state index contributed by atoms with van der Waals surface area (Å²) in [5, 5.41) is 25.2. The van der Waals surface area contributed by atoms with Gasteiger partial charge in [-0.3, -0.25) is 10.1 Å². The van der Waals surface area contributed by atoms with Gasteiger partial charge in [0, 0.05) is 23.3 Å². The number of nitro groups is 1. The normalized spacial score (nSPS) is 10.5. The zero-order valence-electron chi connectivity index (χ0n) is 12.3. The fourth-order valence-electron chi connectivity index (χ4n) is 2.33. The molecule has 3 rings (SSSR count). The molecule has 0 saturated carbocycles. The molecule has 1 aromatic heterocycles. The number of nitro benzene ring substituents is 1. The largest absolute Gasteiger partial charge is 0.507 e. The molecular formula is C16H12N4O3S. The van der Waals surface area contributed by atoms with E-state index in [0.29, 0.717) is 22.5 Å². The summed E-state index contributed by atoms with van der Waals surface area (Å²) in [7, 11) is 0. The number of nitrogens with zero attached hydrogens (tertiary/aromatic N) is 3. The highest BCUT2D eigenvalue weighted by Crippen LogP contribution is 2.32. The summed E-state index contributed by atoms with van der Waals surface area (Å²) in [4.78, 5) is 10.3. The summed E-state index contributed by atoms with van der Waals surface area (Å²) in [6.07, 6.45) is 0. The van der Waals surface area contributed by atoms with Crippen LogP contribution in [0.25, 0.3) is 22.5 Å². The van der Waals surface area contributed by atoms with Crippen molar-refractivity contribution in [2.24, 2.45) is 5.73 Å². The standard InChI is InChI=1S/C16H12N4O3S/c17-16(24)19-14(12-3-1-2-4-15(12)21)9-13(18-19)10-5-7-11(8-6-10)20(22)23/h1-9,21H,(H2,17,24). The number of hydrogen-bond donors (Lipinski definition) is 2. The van der Waals surface area contributed by atoms with E-state index in [0.717, 1.165) is 0 Å². The average Bonchev–Trinajstić information content (AvgIpc) is 3.00. The van der Waals surface area contributed by atoms with E-state index in [1.165, 1.54) is 16.8 Å². The lowest BCUT2D eigenvalue weighted by molar-refractivity contribution is -0.384. The second kappa shape index (κ2) is 6.09. The van der Waals surface area contributed by atoms with Crippen molar-refractivity contribution in [3.63, 3.8) is 0 Å². The van der Waals surface area contributed by atoms with Crippen molar-refractivity contribution >= 4 is 23.0 Å². The van der Waals surface area contributed by atoms with Gasteiger partial charge in [-0.05, 0) is 42.5 Å². The van der Waals surface area contributed by atoms with Crippen molar-refractivity contribution in [3.05, 3.63) is 64.7 Å². The number of aromatic hydroxyl groups is 1. The van der Waals surface area contributed by atoms with Crippen LogP contribution in [0.5, 0.6) is 5.75 Å². The van der Waals surface area contributed by atoms with Gasteiger partial charge < -0.3 is 10.8 Å². The van der Waals surface area contributed by atoms with Gasteiger partial charge in [0.15, 0.2) is 5.11 Å². The summed E-state index contributed by atoms with van der Waals surface area (Å²) in [6.45, 7) is 0. The summed E-state index contributed by atoms with van der Waals surface area (Å²) in [5.74, 6) is 0.0742. The maximum atomic E-state index is 10.7. The van der Waals surface area contributed by atoms with E-state index in [1.54, 1.807) is 42.5 Å². The van der Waals surface area contributed by atoms with Gasteiger partial charge in [-0.25, -0.2) is 4.68 Å². The highest BCUT2D eigenvalue weighted by Gasteiger charge is 2.16. The fraction of sp³-hybridized carbons (Fsp3) is 0. The Kier molecular flexibility index (Phi) is 3.97. The van der Waals surface area contributed by atoms with Crippen LogP contribution in [-0.2, 0) is 0 Å². The molecule has 0 aliphatic heterocycles. The number of nitrogens with two attached hydrogens (primary N) is 1. The van der Waals surface area contributed by atoms with Crippen LogP contribution in [0.4, 0.5) is 5.69 Å². The Hall–Kier alpha value is -3.26. The molecule has 0 atom stereocenters. The van der Waals surface area contributed by atoms with E-state index in [2.05, 4.69) is 5.10 Å². The first kappa shape index (κ1) is 15.6. The van der Waals surface area contributed by atoms with Gasteiger partial charge >= 0.3 is 0 Å². The lowest BCUT2D eigenvalue weighted by Crippen LogP contribution is -2.21. The van der Waals surface area contributed by atoms with E-state index in [9.17, 15) is 15.2 Å². The minimum absolute atomic E-state index is 0.00606. The van der Waals surface area contributed by atoms with E-state index in [4.69, 9.17) is 18.0 Å². The van der Waals surface area contributed by atoms with Crippen LogP contribution < -0.4 is 5.73 Å². The molecule has 0 bridgehead atoms. The molecule has 0 saturated heterocycles. The zero-order chi connectivity index (χ0) is 17.3. The molecule has 0 fully saturated rings. The van der Waals surface area contributed by atoms with E-state index in [-0.39, 0.29) is 16.5 Å². The number of para-hydroxylation sites is 1. The Labute approximate surface area is 142 Å². The highest BCUT2D eigenvalue weighted by atomic mass is 32.1. The molecule has 7 nitrogen and oxygen atoms in total. The van der Waals surface area contributed by atoms with Gasteiger partial charge in [-0.2, -0.15) is 5.10 Å². The molecule has 0 radical (unpaired) electrons. The van der Waals surface area contributed by atoms with Gasteiger partial charge in [-0.1, -0.05) is 12.1 Å². The summed E-state index contributed by atoms with van der Waals surface area (Å²) >= 11 is 5.02. The highest BCUT2D eigenvalue weighted by molar-refractivity contribution is 7.80. The Morgan fingerprint density at radius 3 is 2.46 bits per heavy atom. The van der Waals surface area contributed by atoms with E-state index >= 15 is 0 Å². The SMILES string of the molecule is NC(=S)n1nc(-c2ccc([N+](=O)[O-])cc2)cc1-c1ccccc1O. The third-order valence-electron chi connectivity index (χ3n) is 3.47. The van der Waals surface area contributed by atoms with Gasteiger partial charge in [0.25, 0.3) is 5.69 Å². The molecule has 120 valence electrons. The summed E-state index contributed by atoms with van der Waals surface area (Å²) in [6, 6.07) is 14.5. The molecule has 24 heavy (non-hydrogen) atoms. The molecule has 3 N–H and O–H groups in total. The van der Waals surface area contributed by atoms with Crippen LogP contribution in [0.2, 0.25) is 0 Å². The smallest absolute Gasteiger partial charge is 0.269 e. The first-order chi connectivity index (χ1) is 11.5. The van der Waals surface area contributed by atoms with Crippen molar-refractivity contribution in [3.8, 4) is 28.3 Å². The predicted molar refractivity (Wildman–Crippen MR) is 93.6 cm³/mol. The minimum Gasteiger partial charge on any atom is -0.507 e. The number of phenols is 1. The topological polar surface area (TPSA) is 107 Å². The van der Waals surface area contributed by atoms with Crippen molar-refractivity contribution in [2.75, 3.05) is 0 Å². The number of aromatic nitrogens is 2. The lowest BCUT2D eigenvalue weighted by atomic mass is 10.1. The van der Waals surface area contributed by atoms with Crippen LogP contribution in [-0.4, -0.2) is 24.9 Å². The Morgan fingerprint density at radius 1 is 1.21 bits per heavy atom. The van der Waals surface area contributed by atoms with Crippen molar-refractivity contribution in [1.29, 1.82) is 0 Å². The van der Waals surface area contributed by atoms with Crippen LogP contribution in [0.15, 0.2) is 54.6 Å². The number of phenolic OH excluding ortho intramolecular Hbond substituents is 1. The Balaban J connectivity index is 2.11. The van der Waals surface area contributed by atoms with E-state index < -0.39 is 4.92 Å². The number of thiocarbonyl (C=S) groups is 1. The fourth-order valence-corrected chi connectivity index (χ4v) is 2.47. The van der Waals surface area contributed by atoms with Crippen molar-refractivity contribution in [2.45, 2.75) is 0 Å². The quantitative estimate of drug-likeness (QED) is 0.431. The zero-order valence-corrected chi connectivity index (χ0v) is 13.1. The average molecular weight is 340 g/mol. The molecule has 0 aliphatic carbocycles. The van der Waals surface area contributed by atoms with E-state index in [1.807, 2.05) is 0 Å². The van der Waals surface area contributed by atoms with Crippen LogP contribution in [0.3, 0.4) is 0 Å².